The maximum Gasteiger partial charge on any atom is 0.338 e. The summed E-state index contributed by atoms with van der Waals surface area (Å²) in [6.07, 6.45) is -5.30. The zero-order valence-electron chi connectivity index (χ0n) is 20.4. The van der Waals surface area contributed by atoms with Crippen LogP contribution in [0.4, 0.5) is 0 Å². The zero-order chi connectivity index (χ0) is 26.3. The summed E-state index contributed by atoms with van der Waals surface area (Å²) in [5.41, 5.74) is 1.50. The van der Waals surface area contributed by atoms with Gasteiger partial charge in [-0.3, -0.25) is 0 Å². The summed E-state index contributed by atoms with van der Waals surface area (Å²) in [6, 6.07) is 26.6. The zero-order valence-corrected chi connectivity index (χ0v) is 22.0. The second-order valence-corrected chi connectivity index (χ2v) is 9.54. The Morgan fingerprint density at radius 1 is 0.763 bits per heavy atom. The standard InChI is InChI=1S/C29H27BrO8/c30-16-17-33-29-25(37-27(32)20-12-6-2-7-13-20)24(36-26(31)19-10-4-1-5-11-19)23-22(35-29)18-34-28(38-23)21-14-8-3-9-15-21/h1-15,22-25,28-29H,16-18H2/t22-,23-,24+,25-,28?,29-/m1/s1. The molecule has 8 nitrogen and oxygen atoms in total. The van der Waals surface area contributed by atoms with Crippen LogP contribution in [0.2, 0.25) is 0 Å². The van der Waals surface area contributed by atoms with E-state index in [4.69, 9.17) is 28.4 Å². The fourth-order valence-corrected chi connectivity index (χ4v) is 4.60. The molecule has 0 radical (unpaired) electrons. The summed E-state index contributed by atoms with van der Waals surface area (Å²) in [5.74, 6) is -1.18. The number of benzene rings is 3. The van der Waals surface area contributed by atoms with Crippen molar-refractivity contribution in [2.45, 2.75) is 37.0 Å². The van der Waals surface area contributed by atoms with Crippen molar-refractivity contribution in [3.05, 3.63) is 108 Å². The predicted molar refractivity (Wildman–Crippen MR) is 140 cm³/mol. The van der Waals surface area contributed by atoms with Crippen molar-refractivity contribution >= 4 is 27.9 Å². The number of esters is 2. The van der Waals surface area contributed by atoms with Crippen LogP contribution < -0.4 is 0 Å². The van der Waals surface area contributed by atoms with E-state index in [1.807, 2.05) is 36.4 Å². The minimum absolute atomic E-state index is 0.164. The molecule has 2 aliphatic heterocycles. The number of ether oxygens (including phenoxy) is 6. The van der Waals surface area contributed by atoms with Crippen LogP contribution in [0.25, 0.3) is 0 Å². The van der Waals surface area contributed by atoms with Crippen LogP contribution in [-0.2, 0) is 28.4 Å². The maximum atomic E-state index is 13.2. The molecule has 9 heteroatoms. The lowest BCUT2D eigenvalue weighted by Crippen LogP contribution is -2.64. The van der Waals surface area contributed by atoms with Crippen LogP contribution >= 0.6 is 15.9 Å². The van der Waals surface area contributed by atoms with Gasteiger partial charge in [-0.2, -0.15) is 0 Å². The molecule has 1 unspecified atom stereocenters. The first kappa shape index (κ1) is 26.5. The van der Waals surface area contributed by atoms with E-state index in [0.29, 0.717) is 16.5 Å². The molecule has 2 heterocycles. The normalized spacial score (nSPS) is 26.7. The molecular weight excluding hydrogens is 556 g/mol. The summed E-state index contributed by atoms with van der Waals surface area (Å²) < 4.78 is 36.3. The molecule has 6 atom stereocenters. The highest BCUT2D eigenvalue weighted by Gasteiger charge is 2.54. The van der Waals surface area contributed by atoms with Gasteiger partial charge in [0.15, 0.2) is 24.8 Å². The first-order valence-corrected chi connectivity index (χ1v) is 13.4. The van der Waals surface area contributed by atoms with Gasteiger partial charge in [0.2, 0.25) is 0 Å². The van der Waals surface area contributed by atoms with Crippen LogP contribution in [0.5, 0.6) is 0 Å². The third-order valence-electron chi connectivity index (χ3n) is 6.22. The molecule has 0 amide bonds. The highest BCUT2D eigenvalue weighted by molar-refractivity contribution is 9.09. The van der Waals surface area contributed by atoms with Crippen molar-refractivity contribution in [3.8, 4) is 0 Å². The van der Waals surface area contributed by atoms with Gasteiger partial charge in [0.1, 0.15) is 12.2 Å². The maximum absolute atomic E-state index is 13.2. The summed E-state index contributed by atoms with van der Waals surface area (Å²) in [7, 11) is 0. The molecule has 198 valence electrons. The van der Waals surface area contributed by atoms with E-state index in [-0.39, 0.29) is 13.2 Å². The molecule has 38 heavy (non-hydrogen) atoms. The Morgan fingerprint density at radius 3 is 1.89 bits per heavy atom. The minimum Gasteiger partial charge on any atom is -0.452 e. The largest absolute Gasteiger partial charge is 0.452 e. The summed E-state index contributed by atoms with van der Waals surface area (Å²) in [5, 5.41) is 0.526. The predicted octanol–water partition coefficient (Wildman–Crippen LogP) is 4.69. The van der Waals surface area contributed by atoms with E-state index in [2.05, 4.69) is 15.9 Å². The van der Waals surface area contributed by atoms with Gasteiger partial charge >= 0.3 is 11.9 Å². The van der Waals surface area contributed by atoms with Crippen LogP contribution in [0.15, 0.2) is 91.0 Å². The number of alkyl halides is 1. The van der Waals surface area contributed by atoms with Crippen LogP contribution in [0, 0.1) is 0 Å². The van der Waals surface area contributed by atoms with Gasteiger partial charge in [-0.15, -0.1) is 0 Å². The average molecular weight is 583 g/mol. The van der Waals surface area contributed by atoms with Gasteiger partial charge in [0.05, 0.1) is 24.3 Å². The van der Waals surface area contributed by atoms with Crippen LogP contribution in [-0.4, -0.2) is 61.2 Å². The summed E-state index contributed by atoms with van der Waals surface area (Å²) >= 11 is 3.35. The van der Waals surface area contributed by atoms with E-state index in [9.17, 15) is 9.59 Å². The molecule has 0 saturated carbocycles. The molecular formula is C29H27BrO8. The number of fused-ring (bicyclic) bond motifs is 1. The number of carbonyl (C=O) groups excluding carboxylic acids is 2. The highest BCUT2D eigenvalue weighted by atomic mass is 79.9. The number of carbonyl (C=O) groups is 2. The molecule has 0 bridgehead atoms. The van der Waals surface area contributed by atoms with Gasteiger partial charge < -0.3 is 28.4 Å². The second kappa shape index (κ2) is 12.6. The third kappa shape index (κ3) is 6.14. The van der Waals surface area contributed by atoms with E-state index in [1.54, 1.807) is 54.6 Å². The molecule has 0 N–H and O–H groups in total. The van der Waals surface area contributed by atoms with Crippen molar-refractivity contribution in [3.63, 3.8) is 0 Å². The quantitative estimate of drug-likeness (QED) is 0.279. The molecule has 2 saturated heterocycles. The third-order valence-corrected chi connectivity index (χ3v) is 6.54. The van der Waals surface area contributed by atoms with Gasteiger partial charge in [0, 0.05) is 10.9 Å². The molecule has 5 rings (SSSR count). The Bertz CT molecular complexity index is 1190. The van der Waals surface area contributed by atoms with Crippen molar-refractivity contribution in [2.75, 3.05) is 18.5 Å². The first-order chi connectivity index (χ1) is 18.6. The van der Waals surface area contributed by atoms with Crippen molar-refractivity contribution in [1.29, 1.82) is 0 Å². The second-order valence-electron chi connectivity index (χ2n) is 8.75. The molecule has 2 fully saturated rings. The molecule has 3 aromatic carbocycles. The fourth-order valence-electron chi connectivity index (χ4n) is 4.41. The number of hydrogen-bond acceptors (Lipinski definition) is 8. The van der Waals surface area contributed by atoms with Crippen molar-refractivity contribution in [1.82, 2.24) is 0 Å². The fraction of sp³-hybridized carbons (Fsp3) is 0.310. The average Bonchev–Trinajstić information content (AvgIpc) is 2.98. The molecule has 0 aromatic heterocycles. The Hall–Kier alpha value is -3.08. The SMILES string of the molecule is O=C(O[C@@H]1[C@@H](OC(=O)c2ccccc2)[C@H](OCCBr)O[C@@H]2COC(c3ccccc3)O[C@@H]12)c1ccccc1. The summed E-state index contributed by atoms with van der Waals surface area (Å²) in [4.78, 5) is 26.4. The van der Waals surface area contributed by atoms with E-state index < -0.39 is 48.9 Å². The monoisotopic (exact) mass is 582 g/mol. The van der Waals surface area contributed by atoms with E-state index in [0.717, 1.165) is 5.56 Å². The van der Waals surface area contributed by atoms with Crippen LogP contribution in [0.1, 0.15) is 32.6 Å². The molecule has 2 aliphatic rings. The van der Waals surface area contributed by atoms with Gasteiger partial charge in [0.25, 0.3) is 0 Å². The van der Waals surface area contributed by atoms with Gasteiger partial charge in [-0.1, -0.05) is 82.7 Å². The highest BCUT2D eigenvalue weighted by Crippen LogP contribution is 2.37. The lowest BCUT2D eigenvalue weighted by atomic mass is 9.97. The number of halogens is 1. The van der Waals surface area contributed by atoms with E-state index in [1.165, 1.54) is 0 Å². The van der Waals surface area contributed by atoms with Crippen LogP contribution in [0.3, 0.4) is 0 Å². The van der Waals surface area contributed by atoms with E-state index >= 15 is 0 Å². The Kier molecular flexibility index (Phi) is 8.83. The Balaban J connectivity index is 1.47. The molecule has 0 spiro atoms. The van der Waals surface area contributed by atoms with Gasteiger partial charge in [-0.05, 0) is 24.3 Å². The smallest absolute Gasteiger partial charge is 0.338 e. The lowest BCUT2D eigenvalue weighted by Gasteiger charge is -2.48. The Morgan fingerprint density at radius 2 is 1.32 bits per heavy atom. The molecule has 0 aliphatic carbocycles. The molecule has 3 aromatic rings. The lowest BCUT2D eigenvalue weighted by molar-refractivity contribution is -0.358. The first-order valence-electron chi connectivity index (χ1n) is 12.3. The van der Waals surface area contributed by atoms with Crippen molar-refractivity contribution < 1.29 is 38.0 Å². The van der Waals surface area contributed by atoms with Gasteiger partial charge in [-0.25, -0.2) is 9.59 Å². The number of hydrogen-bond donors (Lipinski definition) is 0. The summed E-state index contributed by atoms with van der Waals surface area (Å²) in [6.45, 7) is 0.437. The Labute approximate surface area is 228 Å². The van der Waals surface area contributed by atoms with Crippen molar-refractivity contribution in [2.24, 2.45) is 0 Å². The minimum atomic E-state index is -1.11. The topological polar surface area (TPSA) is 89.5 Å². The number of rotatable bonds is 8.